The minimum atomic E-state index is -1.05. The van der Waals surface area contributed by atoms with Gasteiger partial charge in [0.2, 0.25) is 5.96 Å². The first-order valence-corrected chi connectivity index (χ1v) is 13.9. The Kier molecular flexibility index (Phi) is 6.35. The fraction of sp³-hybridized carbons (Fsp3) is 0.433. The van der Waals surface area contributed by atoms with Crippen molar-refractivity contribution >= 4 is 29.1 Å². The SMILES string of the molecule is C=CCN1C(=O)C2=CNC(Nc3ccc(N4CCN(C)CC4)c(C)c3)=NC2(C)N1c1ccc2c(n1)[C@@](C)(O)CC2. The molecule has 10 heteroatoms. The zero-order valence-corrected chi connectivity index (χ0v) is 23.7. The van der Waals surface area contributed by atoms with Gasteiger partial charge in [-0.15, -0.1) is 6.58 Å². The van der Waals surface area contributed by atoms with E-state index in [0.717, 1.165) is 43.9 Å². The van der Waals surface area contributed by atoms with Gasteiger partial charge in [-0.3, -0.25) is 4.79 Å². The van der Waals surface area contributed by atoms with Crippen molar-refractivity contribution in [3.05, 3.63) is 71.6 Å². The summed E-state index contributed by atoms with van der Waals surface area (Å²) in [4.78, 5) is 28.2. The number of carbonyl (C=O) groups is 1. The molecule has 40 heavy (non-hydrogen) atoms. The van der Waals surface area contributed by atoms with Crippen LogP contribution in [0.15, 0.2) is 59.8 Å². The molecule has 1 unspecified atom stereocenters. The van der Waals surface area contributed by atoms with Crippen LogP contribution < -0.4 is 20.5 Å². The van der Waals surface area contributed by atoms with Crippen LogP contribution in [0.1, 0.15) is 37.1 Å². The zero-order valence-electron chi connectivity index (χ0n) is 23.7. The smallest absolute Gasteiger partial charge is 0.274 e. The third kappa shape index (κ3) is 4.31. The van der Waals surface area contributed by atoms with Crippen LogP contribution in [0.25, 0.3) is 0 Å². The maximum absolute atomic E-state index is 13.6. The van der Waals surface area contributed by atoms with E-state index >= 15 is 0 Å². The predicted molar refractivity (Wildman–Crippen MR) is 158 cm³/mol. The van der Waals surface area contributed by atoms with Gasteiger partial charge in [0.1, 0.15) is 11.4 Å². The third-order valence-electron chi connectivity index (χ3n) is 8.49. The number of hydrogen-bond donors (Lipinski definition) is 3. The van der Waals surface area contributed by atoms with Gasteiger partial charge in [-0.1, -0.05) is 12.1 Å². The number of amides is 1. The van der Waals surface area contributed by atoms with Crippen molar-refractivity contribution in [1.29, 1.82) is 0 Å². The molecule has 3 N–H and O–H groups in total. The van der Waals surface area contributed by atoms with Gasteiger partial charge in [0, 0.05) is 43.8 Å². The van der Waals surface area contributed by atoms with E-state index in [4.69, 9.17) is 9.98 Å². The Balaban J connectivity index is 1.31. The molecule has 1 aromatic carbocycles. The minimum absolute atomic E-state index is 0.167. The van der Waals surface area contributed by atoms with Crippen LogP contribution in [0.2, 0.25) is 0 Å². The highest BCUT2D eigenvalue weighted by Gasteiger charge is 2.54. The highest BCUT2D eigenvalue weighted by Crippen LogP contribution is 2.43. The summed E-state index contributed by atoms with van der Waals surface area (Å²) in [6.07, 6.45) is 4.82. The van der Waals surface area contributed by atoms with E-state index in [9.17, 15) is 9.90 Å². The summed E-state index contributed by atoms with van der Waals surface area (Å²) in [7, 11) is 2.16. The lowest BCUT2D eigenvalue weighted by Gasteiger charge is -2.38. The molecular weight excluding hydrogens is 504 g/mol. The Morgan fingerprint density at radius 3 is 2.67 bits per heavy atom. The summed E-state index contributed by atoms with van der Waals surface area (Å²) >= 11 is 0. The Morgan fingerprint density at radius 1 is 1.18 bits per heavy atom. The molecule has 0 spiro atoms. The first kappa shape index (κ1) is 26.3. The van der Waals surface area contributed by atoms with Crippen molar-refractivity contribution < 1.29 is 9.90 Å². The summed E-state index contributed by atoms with van der Waals surface area (Å²) in [5.41, 5.74) is 3.49. The molecule has 0 bridgehead atoms. The first-order chi connectivity index (χ1) is 19.1. The van der Waals surface area contributed by atoms with Crippen LogP contribution in [0, 0.1) is 6.92 Å². The van der Waals surface area contributed by atoms with Gasteiger partial charge in [-0.05, 0) is 76.1 Å². The van der Waals surface area contributed by atoms with Crippen molar-refractivity contribution in [3.63, 3.8) is 0 Å². The third-order valence-corrected chi connectivity index (χ3v) is 8.49. The Labute approximate surface area is 235 Å². The van der Waals surface area contributed by atoms with Gasteiger partial charge in [0.15, 0.2) is 5.66 Å². The average molecular weight is 543 g/mol. The summed E-state index contributed by atoms with van der Waals surface area (Å²) in [6.45, 7) is 14.1. The van der Waals surface area contributed by atoms with Crippen molar-refractivity contribution in [2.75, 3.05) is 55.0 Å². The van der Waals surface area contributed by atoms with Gasteiger partial charge in [0.25, 0.3) is 5.91 Å². The van der Waals surface area contributed by atoms with E-state index in [2.05, 4.69) is 59.2 Å². The molecule has 10 nitrogen and oxygen atoms in total. The van der Waals surface area contributed by atoms with E-state index in [1.165, 1.54) is 11.3 Å². The number of rotatable bonds is 5. The van der Waals surface area contributed by atoms with Crippen LogP contribution in [-0.2, 0) is 16.8 Å². The van der Waals surface area contributed by atoms with Gasteiger partial charge in [0.05, 0.1) is 17.8 Å². The molecule has 2 fully saturated rings. The standard InChI is InChI=1S/C30H38N8O2/c1-6-13-37-27(39)23-19-31-28(32-22-8-9-24(20(2)18-22)36-16-14-35(5)15-17-36)34-30(23,4)38(37)25-10-7-21-11-12-29(3,40)26(21)33-25/h6-10,18-19,40H,1,11-17H2,2-5H3,(H2,31,32,34)/t29-,30?/m0/s1. The normalized spacial score (nSPS) is 26.2. The molecule has 2 saturated heterocycles. The fourth-order valence-corrected chi connectivity index (χ4v) is 6.21. The second kappa shape index (κ2) is 9.64. The molecule has 6 rings (SSSR count). The largest absolute Gasteiger partial charge is 0.384 e. The minimum Gasteiger partial charge on any atom is -0.384 e. The molecule has 3 aliphatic heterocycles. The lowest BCUT2D eigenvalue weighted by molar-refractivity contribution is -0.124. The van der Waals surface area contributed by atoms with Crippen LogP contribution in [-0.4, -0.2) is 77.3 Å². The molecular formula is C30H38N8O2. The summed E-state index contributed by atoms with van der Waals surface area (Å²) in [6, 6.07) is 10.3. The number of guanidine groups is 1. The number of aliphatic imine (C=N–C) groups is 1. The number of pyridine rings is 1. The summed E-state index contributed by atoms with van der Waals surface area (Å²) in [5.74, 6) is 0.919. The van der Waals surface area contributed by atoms with E-state index in [1.54, 1.807) is 24.2 Å². The number of aliphatic hydroxyl groups is 1. The highest BCUT2D eigenvalue weighted by atomic mass is 16.3. The molecule has 210 valence electrons. The van der Waals surface area contributed by atoms with Crippen LogP contribution in [0.3, 0.4) is 0 Å². The number of benzene rings is 1. The number of anilines is 3. The van der Waals surface area contributed by atoms with Crippen LogP contribution >= 0.6 is 0 Å². The number of fused-ring (bicyclic) bond motifs is 2. The number of carbonyl (C=O) groups excluding carboxylic acids is 1. The maximum atomic E-state index is 13.6. The van der Waals surface area contributed by atoms with Gasteiger partial charge < -0.3 is 25.5 Å². The predicted octanol–water partition coefficient (Wildman–Crippen LogP) is 2.72. The topological polar surface area (TPSA) is 99.6 Å². The fourth-order valence-electron chi connectivity index (χ4n) is 6.21. The molecule has 1 amide bonds. The van der Waals surface area contributed by atoms with Gasteiger partial charge in [-0.25, -0.2) is 20.0 Å². The van der Waals surface area contributed by atoms with E-state index in [1.807, 2.05) is 24.1 Å². The van der Waals surface area contributed by atoms with Crippen LogP contribution in [0.4, 0.5) is 17.2 Å². The van der Waals surface area contributed by atoms with Crippen LogP contribution in [0.5, 0.6) is 0 Å². The van der Waals surface area contributed by atoms with Crippen molar-refractivity contribution in [3.8, 4) is 0 Å². The van der Waals surface area contributed by atoms with E-state index in [-0.39, 0.29) is 5.91 Å². The molecule has 0 saturated carbocycles. The van der Waals surface area contributed by atoms with Gasteiger partial charge >= 0.3 is 0 Å². The zero-order chi connectivity index (χ0) is 28.2. The molecule has 2 aromatic rings. The monoisotopic (exact) mass is 542 g/mol. The quantitative estimate of drug-likeness (QED) is 0.496. The van der Waals surface area contributed by atoms with Crippen molar-refractivity contribution in [2.24, 2.45) is 4.99 Å². The number of nitrogens with zero attached hydrogens (tertiary/aromatic N) is 6. The molecule has 1 aliphatic carbocycles. The number of aromatic nitrogens is 1. The number of piperazine rings is 1. The highest BCUT2D eigenvalue weighted by molar-refractivity contribution is 6.05. The number of aryl methyl sites for hydroxylation is 2. The number of hydrogen-bond acceptors (Lipinski definition) is 9. The van der Waals surface area contributed by atoms with E-state index < -0.39 is 11.3 Å². The first-order valence-electron chi connectivity index (χ1n) is 13.9. The summed E-state index contributed by atoms with van der Waals surface area (Å²) < 4.78 is 0. The molecule has 2 atom stereocenters. The Bertz CT molecular complexity index is 1420. The number of likely N-dealkylation sites (N-methyl/N-ethyl adjacent to an activating group) is 1. The van der Waals surface area contributed by atoms with Crippen molar-refractivity contribution in [2.45, 2.75) is 44.9 Å². The Hall–Kier alpha value is -3.89. The summed E-state index contributed by atoms with van der Waals surface area (Å²) in [5, 5.41) is 21.0. The van der Waals surface area contributed by atoms with Gasteiger partial charge in [-0.2, -0.15) is 0 Å². The lowest BCUT2D eigenvalue weighted by atomic mass is 10.0. The second-order valence-electron chi connectivity index (χ2n) is 11.5. The number of nitrogens with one attached hydrogen (secondary N) is 2. The second-order valence-corrected chi connectivity index (χ2v) is 11.5. The molecule has 1 aromatic heterocycles. The average Bonchev–Trinajstić information content (AvgIpc) is 3.33. The number of hydrazine groups is 1. The molecule has 4 heterocycles. The maximum Gasteiger partial charge on any atom is 0.274 e. The van der Waals surface area contributed by atoms with E-state index in [0.29, 0.717) is 36.0 Å². The van der Waals surface area contributed by atoms with Crippen molar-refractivity contribution in [1.82, 2.24) is 20.2 Å². The molecule has 4 aliphatic rings. The Morgan fingerprint density at radius 2 is 1.95 bits per heavy atom. The molecule has 0 radical (unpaired) electrons. The lowest BCUT2D eigenvalue weighted by Crippen LogP contribution is -2.51.